The van der Waals surface area contributed by atoms with Gasteiger partial charge in [0.1, 0.15) is 11.3 Å². The maximum Gasteiger partial charge on any atom is 0.284 e. The summed E-state index contributed by atoms with van der Waals surface area (Å²) < 4.78 is 30.1. The Morgan fingerprint density at radius 2 is 2.06 bits per heavy atom. The van der Waals surface area contributed by atoms with Crippen molar-refractivity contribution in [1.82, 2.24) is 0 Å². The lowest BCUT2D eigenvalue weighted by Crippen LogP contribution is -2.06. The summed E-state index contributed by atoms with van der Waals surface area (Å²) in [5.74, 6) is -0.869. The summed E-state index contributed by atoms with van der Waals surface area (Å²) in [4.78, 5) is 21.1. The molecular weight excluding hydrogens is 236 g/mol. The number of carbonyl (C=O) groups is 1. The van der Waals surface area contributed by atoms with Crippen molar-refractivity contribution in [2.75, 3.05) is 7.11 Å². The summed E-state index contributed by atoms with van der Waals surface area (Å²) in [6.45, 7) is 1.00. The zero-order chi connectivity index (χ0) is 13.2. The highest BCUT2D eigenvalue weighted by atomic mass is 19.3. The third kappa shape index (κ3) is 2.55. The lowest BCUT2D eigenvalue weighted by molar-refractivity contribution is -0.385. The van der Waals surface area contributed by atoms with Crippen LogP contribution in [0, 0.1) is 10.1 Å². The van der Waals surface area contributed by atoms with Crippen LogP contribution in [-0.2, 0) is 0 Å². The third-order valence-corrected chi connectivity index (χ3v) is 2.14. The first-order valence-corrected chi connectivity index (χ1v) is 4.54. The molecule has 0 amide bonds. The Bertz CT molecular complexity index is 474. The van der Waals surface area contributed by atoms with Gasteiger partial charge in [-0.05, 0) is 13.0 Å². The molecule has 0 heterocycles. The van der Waals surface area contributed by atoms with Gasteiger partial charge < -0.3 is 4.74 Å². The molecule has 1 aromatic carbocycles. The van der Waals surface area contributed by atoms with Crippen molar-refractivity contribution in [3.63, 3.8) is 0 Å². The number of nitro benzene ring substituents is 1. The molecule has 0 saturated carbocycles. The van der Waals surface area contributed by atoms with Crippen LogP contribution in [0.15, 0.2) is 12.1 Å². The zero-order valence-electron chi connectivity index (χ0n) is 9.07. The Hall–Kier alpha value is -2.05. The number of alkyl halides is 2. The van der Waals surface area contributed by atoms with E-state index >= 15 is 0 Å². The van der Waals surface area contributed by atoms with Gasteiger partial charge in [-0.25, -0.2) is 8.78 Å². The Morgan fingerprint density at radius 3 is 2.41 bits per heavy atom. The van der Waals surface area contributed by atoms with Crippen LogP contribution in [0.2, 0.25) is 0 Å². The number of hydrogen-bond donors (Lipinski definition) is 0. The molecule has 0 aliphatic rings. The average molecular weight is 245 g/mol. The van der Waals surface area contributed by atoms with E-state index in [-0.39, 0.29) is 5.75 Å². The minimum Gasteiger partial charge on any atom is -0.496 e. The smallest absolute Gasteiger partial charge is 0.284 e. The number of carbonyl (C=O) groups excluding carboxylic acids is 1. The molecule has 0 N–H and O–H groups in total. The Kier molecular flexibility index (Phi) is 3.72. The van der Waals surface area contributed by atoms with Crippen LogP contribution in [0.4, 0.5) is 14.5 Å². The van der Waals surface area contributed by atoms with Gasteiger partial charge in [-0.1, -0.05) is 0 Å². The van der Waals surface area contributed by atoms with Gasteiger partial charge in [0.2, 0.25) is 0 Å². The summed E-state index contributed by atoms with van der Waals surface area (Å²) in [6, 6.07) is 1.87. The van der Waals surface area contributed by atoms with Crippen molar-refractivity contribution in [2.45, 2.75) is 13.3 Å². The van der Waals surface area contributed by atoms with E-state index < -0.39 is 33.9 Å². The molecule has 92 valence electrons. The monoisotopic (exact) mass is 245 g/mol. The number of methoxy groups -OCH3 is 1. The first kappa shape index (κ1) is 13.0. The fraction of sp³-hybridized carbons (Fsp3) is 0.300. The van der Waals surface area contributed by atoms with E-state index in [1.807, 2.05) is 0 Å². The fourth-order valence-electron chi connectivity index (χ4n) is 1.44. The van der Waals surface area contributed by atoms with Gasteiger partial charge >= 0.3 is 0 Å². The van der Waals surface area contributed by atoms with Crippen LogP contribution in [0.5, 0.6) is 5.75 Å². The quantitative estimate of drug-likeness (QED) is 0.464. The van der Waals surface area contributed by atoms with Gasteiger partial charge in [0, 0.05) is 5.56 Å². The van der Waals surface area contributed by atoms with Crippen molar-refractivity contribution in [3.8, 4) is 5.75 Å². The molecule has 0 aliphatic carbocycles. The van der Waals surface area contributed by atoms with E-state index in [9.17, 15) is 23.7 Å². The number of nitrogens with zero attached hydrogens (tertiary/aromatic N) is 1. The average Bonchev–Trinajstić information content (AvgIpc) is 2.26. The predicted molar refractivity (Wildman–Crippen MR) is 54.6 cm³/mol. The summed E-state index contributed by atoms with van der Waals surface area (Å²) >= 11 is 0. The summed E-state index contributed by atoms with van der Waals surface area (Å²) in [5.41, 5.74) is -1.94. The van der Waals surface area contributed by atoms with Crippen LogP contribution < -0.4 is 4.74 Å². The van der Waals surface area contributed by atoms with E-state index in [4.69, 9.17) is 0 Å². The molecule has 0 atom stereocenters. The van der Waals surface area contributed by atoms with Crippen LogP contribution in [0.25, 0.3) is 0 Å². The Labute approximate surface area is 95.2 Å². The molecule has 0 aromatic heterocycles. The van der Waals surface area contributed by atoms with Crippen molar-refractivity contribution in [1.29, 1.82) is 0 Å². The number of nitro groups is 1. The van der Waals surface area contributed by atoms with E-state index in [0.29, 0.717) is 0 Å². The number of ether oxygens (including phenoxy) is 1. The third-order valence-electron chi connectivity index (χ3n) is 2.14. The second-order valence-corrected chi connectivity index (χ2v) is 3.22. The van der Waals surface area contributed by atoms with E-state index in [2.05, 4.69) is 4.74 Å². The van der Waals surface area contributed by atoms with Gasteiger partial charge in [-0.3, -0.25) is 14.9 Å². The predicted octanol–water partition coefficient (Wildman–Crippen LogP) is 2.74. The van der Waals surface area contributed by atoms with Crippen LogP contribution in [0.3, 0.4) is 0 Å². The molecule has 0 spiro atoms. The molecule has 0 fully saturated rings. The fourth-order valence-corrected chi connectivity index (χ4v) is 1.44. The number of benzene rings is 1. The van der Waals surface area contributed by atoms with Crippen molar-refractivity contribution in [2.24, 2.45) is 0 Å². The normalized spacial score (nSPS) is 10.4. The van der Waals surface area contributed by atoms with Gasteiger partial charge in [0.25, 0.3) is 12.1 Å². The van der Waals surface area contributed by atoms with Gasteiger partial charge in [0.15, 0.2) is 5.78 Å². The molecule has 1 rings (SSSR count). The summed E-state index contributed by atoms with van der Waals surface area (Å²) in [6.07, 6.45) is -2.98. The minimum absolute atomic E-state index is 0.0861. The van der Waals surface area contributed by atoms with Crippen LogP contribution in [-0.4, -0.2) is 17.8 Å². The first-order valence-electron chi connectivity index (χ1n) is 4.54. The van der Waals surface area contributed by atoms with E-state index in [0.717, 1.165) is 19.1 Å². The highest BCUT2D eigenvalue weighted by Crippen LogP contribution is 2.34. The molecule has 0 aliphatic heterocycles. The number of Topliss-reactive ketones (excluding diaryl/α,β-unsaturated/α-hetero) is 1. The SMILES string of the molecule is COc1cc(C(F)F)c(C(C)=O)c([N+](=O)[O-])c1. The summed E-state index contributed by atoms with van der Waals surface area (Å²) in [7, 11) is 1.20. The van der Waals surface area contributed by atoms with Crippen molar-refractivity contribution >= 4 is 11.5 Å². The molecule has 7 heteroatoms. The first-order chi connectivity index (χ1) is 7.88. The molecule has 0 saturated heterocycles. The molecule has 1 aromatic rings. The number of ketones is 1. The molecule has 5 nitrogen and oxygen atoms in total. The lowest BCUT2D eigenvalue weighted by atomic mass is 10.0. The molecule has 0 unspecified atom stereocenters. The van der Waals surface area contributed by atoms with Crippen molar-refractivity contribution in [3.05, 3.63) is 33.4 Å². The van der Waals surface area contributed by atoms with Crippen LogP contribution in [0.1, 0.15) is 29.3 Å². The second-order valence-electron chi connectivity index (χ2n) is 3.22. The van der Waals surface area contributed by atoms with E-state index in [1.54, 1.807) is 0 Å². The minimum atomic E-state index is -2.98. The van der Waals surface area contributed by atoms with Gasteiger partial charge in [-0.15, -0.1) is 0 Å². The lowest BCUT2D eigenvalue weighted by Gasteiger charge is -2.09. The Balaban J connectivity index is 3.61. The standard InChI is InChI=1S/C10H9F2NO4/c1-5(14)9-7(10(11)12)3-6(17-2)4-8(9)13(15)16/h3-4,10H,1-2H3. The van der Waals surface area contributed by atoms with Gasteiger partial charge in [-0.2, -0.15) is 0 Å². The molecular formula is C10H9F2NO4. The Morgan fingerprint density at radius 1 is 1.47 bits per heavy atom. The van der Waals surface area contributed by atoms with E-state index in [1.165, 1.54) is 7.11 Å². The molecule has 0 radical (unpaired) electrons. The highest BCUT2D eigenvalue weighted by molar-refractivity contribution is 6.00. The van der Waals surface area contributed by atoms with Crippen molar-refractivity contribution < 1.29 is 23.2 Å². The maximum atomic E-state index is 12.7. The largest absolute Gasteiger partial charge is 0.496 e. The maximum absolute atomic E-state index is 12.7. The van der Waals surface area contributed by atoms with Crippen LogP contribution >= 0.6 is 0 Å². The second kappa shape index (κ2) is 4.86. The number of rotatable bonds is 4. The summed E-state index contributed by atoms with van der Waals surface area (Å²) in [5, 5.41) is 10.7. The van der Waals surface area contributed by atoms with Gasteiger partial charge in [0.05, 0.1) is 18.1 Å². The zero-order valence-corrected chi connectivity index (χ0v) is 9.07. The molecule has 17 heavy (non-hydrogen) atoms. The topological polar surface area (TPSA) is 69.4 Å². The molecule has 0 bridgehead atoms. The number of halogens is 2. The highest BCUT2D eigenvalue weighted by Gasteiger charge is 2.27. The number of hydrogen-bond acceptors (Lipinski definition) is 4.